The lowest BCUT2D eigenvalue weighted by molar-refractivity contribution is 0.0890. The summed E-state index contributed by atoms with van der Waals surface area (Å²) in [5.41, 5.74) is 6.45. The van der Waals surface area contributed by atoms with Crippen LogP contribution in [-0.4, -0.2) is 10.2 Å². The number of aromatic nitrogens is 1. The molecule has 0 amide bonds. The minimum absolute atomic E-state index is 0.358. The smallest absolute Gasteiger partial charge is 0.0707 e. The van der Waals surface area contributed by atoms with Gasteiger partial charge in [0.15, 0.2) is 0 Å². The molecule has 0 N–H and O–H groups in total. The van der Waals surface area contributed by atoms with Gasteiger partial charge in [0.1, 0.15) is 0 Å². The number of hydrogen-bond acceptors (Lipinski definition) is 2. The number of fused-ring (bicyclic) bond motifs is 1. The minimum Gasteiger partial charge on any atom is -0.256 e. The van der Waals surface area contributed by atoms with Gasteiger partial charge in [0.05, 0.1) is 5.69 Å². The number of pyridine rings is 1. The summed E-state index contributed by atoms with van der Waals surface area (Å²) in [6.07, 6.45) is 4.51. The Kier molecular flexibility index (Phi) is 4.56. The predicted molar refractivity (Wildman–Crippen MR) is 112 cm³/mol. The summed E-state index contributed by atoms with van der Waals surface area (Å²) in [6.45, 7) is 22.5. The summed E-state index contributed by atoms with van der Waals surface area (Å²) >= 11 is 2.05. The van der Waals surface area contributed by atoms with E-state index in [1.165, 1.54) is 23.3 Å². The van der Waals surface area contributed by atoms with Gasteiger partial charge in [-0.15, -0.1) is 11.8 Å². The van der Waals surface area contributed by atoms with Crippen LogP contribution in [-0.2, 0) is 0 Å². The summed E-state index contributed by atoms with van der Waals surface area (Å²) in [4.78, 5) is 6.03. The molecular formula is C23H31NS. The van der Waals surface area contributed by atoms with Crippen LogP contribution in [0.1, 0.15) is 65.6 Å². The number of nitrogens with zero attached hydrogens (tertiary/aromatic N) is 1. The third-order valence-corrected chi connectivity index (χ3v) is 8.21. The fraction of sp³-hybridized carbons (Fsp3) is 0.522. The number of rotatable bonds is 3. The van der Waals surface area contributed by atoms with E-state index in [-0.39, 0.29) is 0 Å². The third kappa shape index (κ3) is 3.14. The molecule has 134 valence electrons. The lowest BCUT2D eigenvalue weighted by atomic mass is 9.58. The van der Waals surface area contributed by atoms with Crippen molar-refractivity contribution in [3.8, 4) is 0 Å². The van der Waals surface area contributed by atoms with E-state index in [1.807, 2.05) is 24.9 Å². The Morgan fingerprint density at radius 2 is 1.76 bits per heavy atom. The van der Waals surface area contributed by atoms with Crippen molar-refractivity contribution in [3.63, 3.8) is 0 Å². The lowest BCUT2D eigenvalue weighted by Crippen LogP contribution is -2.45. The van der Waals surface area contributed by atoms with Gasteiger partial charge in [0.25, 0.3) is 0 Å². The maximum Gasteiger partial charge on any atom is 0.0707 e. The first kappa shape index (κ1) is 18.5. The fourth-order valence-corrected chi connectivity index (χ4v) is 6.41. The van der Waals surface area contributed by atoms with E-state index in [0.29, 0.717) is 22.0 Å². The Bertz CT molecular complexity index is 749. The first-order valence-electron chi connectivity index (χ1n) is 9.23. The van der Waals surface area contributed by atoms with Crippen molar-refractivity contribution in [3.05, 3.63) is 53.2 Å². The fourth-order valence-electron chi connectivity index (χ4n) is 4.46. The third-order valence-electron chi connectivity index (χ3n) is 6.24. The highest BCUT2D eigenvalue weighted by atomic mass is 32.2. The molecule has 3 rings (SSSR count). The summed E-state index contributed by atoms with van der Waals surface area (Å²) < 4.78 is 0. The zero-order chi connectivity index (χ0) is 18.6. The molecule has 2 unspecified atom stereocenters. The number of hydrogen-bond donors (Lipinski definition) is 0. The van der Waals surface area contributed by atoms with Crippen LogP contribution in [0.2, 0.25) is 0 Å². The van der Waals surface area contributed by atoms with Gasteiger partial charge >= 0.3 is 0 Å². The molecule has 2 heterocycles. The average Bonchev–Trinajstić information content (AvgIpc) is 2.91. The standard InChI is InChI=1S/C23H31NS/c1-14(2)17-9-10-18(24-13-17)15(3)20-16(4)19-21(25-20)23(7,8)12-11-22(19,5)6/h9-10,13,19,21H,1,3,11-12H2,2,4-8H3. The molecule has 1 aliphatic carbocycles. The molecule has 1 aromatic rings. The van der Waals surface area contributed by atoms with Crippen molar-refractivity contribution in [1.29, 1.82) is 0 Å². The molecule has 1 nitrogen and oxygen atoms in total. The molecule has 2 atom stereocenters. The first-order chi connectivity index (χ1) is 11.5. The molecule has 0 spiro atoms. The van der Waals surface area contributed by atoms with Gasteiger partial charge < -0.3 is 0 Å². The minimum atomic E-state index is 0.358. The summed E-state index contributed by atoms with van der Waals surface area (Å²) in [5, 5.41) is 0.637. The molecule has 1 fully saturated rings. The van der Waals surface area contributed by atoms with Gasteiger partial charge in [-0.05, 0) is 60.6 Å². The molecule has 1 aromatic heterocycles. The second kappa shape index (κ2) is 6.16. The van der Waals surface area contributed by atoms with E-state index >= 15 is 0 Å². The number of allylic oxidation sites excluding steroid dienone is 3. The summed E-state index contributed by atoms with van der Waals surface area (Å²) in [6, 6.07) is 4.19. The Morgan fingerprint density at radius 1 is 1.12 bits per heavy atom. The zero-order valence-electron chi connectivity index (χ0n) is 16.6. The van der Waals surface area contributed by atoms with Gasteiger partial charge in [0, 0.05) is 21.9 Å². The maximum absolute atomic E-state index is 4.66. The van der Waals surface area contributed by atoms with E-state index in [0.717, 1.165) is 22.4 Å². The first-order valence-corrected chi connectivity index (χ1v) is 10.1. The average molecular weight is 354 g/mol. The monoisotopic (exact) mass is 353 g/mol. The highest BCUT2D eigenvalue weighted by molar-refractivity contribution is 8.04. The lowest BCUT2D eigenvalue weighted by Gasteiger charge is -2.49. The van der Waals surface area contributed by atoms with E-state index in [9.17, 15) is 0 Å². The Morgan fingerprint density at radius 3 is 2.28 bits per heavy atom. The van der Waals surface area contributed by atoms with Crippen LogP contribution >= 0.6 is 11.8 Å². The molecule has 2 aliphatic rings. The van der Waals surface area contributed by atoms with Crippen molar-refractivity contribution >= 4 is 22.9 Å². The van der Waals surface area contributed by atoms with Crippen LogP contribution in [0, 0.1) is 16.7 Å². The molecule has 0 saturated heterocycles. The molecule has 1 aliphatic heterocycles. The number of thioether (sulfide) groups is 1. The van der Waals surface area contributed by atoms with Crippen LogP contribution in [0.3, 0.4) is 0 Å². The van der Waals surface area contributed by atoms with Gasteiger partial charge in [-0.1, -0.05) is 52.5 Å². The van der Waals surface area contributed by atoms with Crippen LogP contribution < -0.4 is 0 Å². The van der Waals surface area contributed by atoms with Gasteiger partial charge in [-0.2, -0.15) is 0 Å². The highest BCUT2D eigenvalue weighted by Gasteiger charge is 2.52. The largest absolute Gasteiger partial charge is 0.256 e. The second-order valence-electron chi connectivity index (χ2n) is 9.20. The van der Waals surface area contributed by atoms with Crippen molar-refractivity contribution in [1.82, 2.24) is 4.98 Å². The van der Waals surface area contributed by atoms with Crippen molar-refractivity contribution in [2.75, 3.05) is 0 Å². The second-order valence-corrected chi connectivity index (χ2v) is 10.3. The maximum atomic E-state index is 4.66. The summed E-state index contributed by atoms with van der Waals surface area (Å²) in [5.74, 6) is 0.627. The highest BCUT2D eigenvalue weighted by Crippen LogP contribution is 2.63. The van der Waals surface area contributed by atoms with Gasteiger partial charge in [-0.3, -0.25) is 4.98 Å². The topological polar surface area (TPSA) is 12.9 Å². The van der Waals surface area contributed by atoms with Crippen LogP contribution in [0.4, 0.5) is 0 Å². The molecular weight excluding hydrogens is 322 g/mol. The van der Waals surface area contributed by atoms with Crippen molar-refractivity contribution in [2.45, 2.75) is 59.6 Å². The van der Waals surface area contributed by atoms with E-state index in [4.69, 9.17) is 0 Å². The van der Waals surface area contributed by atoms with Gasteiger partial charge in [0.2, 0.25) is 0 Å². The van der Waals surface area contributed by atoms with E-state index in [1.54, 1.807) is 0 Å². The quantitative estimate of drug-likeness (QED) is 0.581. The van der Waals surface area contributed by atoms with Crippen LogP contribution in [0.5, 0.6) is 0 Å². The molecule has 2 heteroatoms. The van der Waals surface area contributed by atoms with Gasteiger partial charge in [-0.25, -0.2) is 0 Å². The molecule has 0 radical (unpaired) electrons. The van der Waals surface area contributed by atoms with Crippen molar-refractivity contribution in [2.24, 2.45) is 16.7 Å². The zero-order valence-corrected chi connectivity index (χ0v) is 17.4. The molecule has 1 saturated carbocycles. The van der Waals surface area contributed by atoms with E-state index < -0.39 is 0 Å². The molecule has 0 bridgehead atoms. The Balaban J connectivity index is 1.95. The van der Waals surface area contributed by atoms with E-state index in [2.05, 4.69) is 64.9 Å². The SMILES string of the molecule is C=C(C)c1ccc(C(=C)C2=C(C)C3C(S2)C(C)(C)CCC3(C)C)nc1. The molecule has 0 aromatic carbocycles. The molecule has 25 heavy (non-hydrogen) atoms. The predicted octanol–water partition coefficient (Wildman–Crippen LogP) is 6.98. The summed E-state index contributed by atoms with van der Waals surface area (Å²) in [7, 11) is 0. The Labute approximate surface area is 157 Å². The van der Waals surface area contributed by atoms with Crippen LogP contribution in [0.15, 0.2) is 42.0 Å². The van der Waals surface area contributed by atoms with Crippen LogP contribution in [0.25, 0.3) is 11.1 Å². The normalized spacial score (nSPS) is 27.1. The van der Waals surface area contributed by atoms with Crippen molar-refractivity contribution < 1.29 is 0 Å². The Hall–Kier alpha value is -1.28.